The average molecular weight is 671 g/mol. The molecule has 45 heavy (non-hydrogen) atoms. The maximum atomic E-state index is 13.3. The molecule has 2 aliphatic rings. The number of ketones is 2. The van der Waals surface area contributed by atoms with Gasteiger partial charge in [-0.25, -0.2) is 14.1 Å². The summed E-state index contributed by atoms with van der Waals surface area (Å²) in [4.78, 5) is 83.2. The average Bonchev–Trinajstić information content (AvgIpc) is 3.36. The molecule has 4 rings (SSSR count). The lowest BCUT2D eigenvalue weighted by molar-refractivity contribution is -0.178. The van der Waals surface area contributed by atoms with Gasteiger partial charge in [-0.3, -0.25) is 28.5 Å². The Balaban J connectivity index is 1.46. The number of hydrogen-bond acceptors (Lipinski definition) is 15. The normalized spacial score (nSPS) is 19.3. The fourth-order valence-electron chi connectivity index (χ4n) is 4.61. The highest BCUT2D eigenvalue weighted by molar-refractivity contribution is 7.84. The van der Waals surface area contributed by atoms with E-state index in [-0.39, 0.29) is 40.1 Å². The number of aliphatic carboxylic acids is 1. The van der Waals surface area contributed by atoms with Crippen molar-refractivity contribution >= 4 is 61.8 Å². The molecule has 2 fully saturated rings. The molecule has 0 bridgehead atoms. The van der Waals surface area contributed by atoms with Crippen LogP contribution in [0.5, 0.6) is 5.75 Å². The second kappa shape index (κ2) is 12.6. The summed E-state index contributed by atoms with van der Waals surface area (Å²) < 4.78 is 33.7. The van der Waals surface area contributed by atoms with E-state index in [1.807, 2.05) is 0 Å². The second-order valence-electron chi connectivity index (χ2n) is 10.2. The van der Waals surface area contributed by atoms with Gasteiger partial charge in [0.15, 0.2) is 22.4 Å². The molecule has 21 heteroatoms. The largest absolute Gasteiger partial charge is 0.503 e. The molecule has 0 spiro atoms. The lowest BCUT2D eigenvalue weighted by Crippen LogP contribution is -2.66. The number of rotatable bonds is 14. The quantitative estimate of drug-likeness (QED) is 0.0332. The zero-order valence-electron chi connectivity index (χ0n) is 23.0. The first-order chi connectivity index (χ1) is 21.0. The molecule has 2 aromatic heterocycles. The minimum Gasteiger partial charge on any atom is -0.503 e. The van der Waals surface area contributed by atoms with E-state index >= 15 is 0 Å². The number of hydrogen-bond donors (Lipinski definition) is 6. The number of amides is 2. The Morgan fingerprint density at radius 2 is 1.91 bits per heavy atom. The van der Waals surface area contributed by atoms with E-state index < -0.39 is 93.5 Å². The van der Waals surface area contributed by atoms with Crippen LogP contribution in [0.4, 0.5) is 5.13 Å². The number of β-lactam (4-membered cyclic amide) rings is 1. The molecule has 1 saturated carbocycles. The number of nitrogen functional groups attached to an aromatic ring is 1. The van der Waals surface area contributed by atoms with E-state index in [4.69, 9.17) is 10.6 Å². The summed E-state index contributed by atoms with van der Waals surface area (Å²) in [6.45, 7) is -0.702. The number of nitrogens with zero attached hydrogens (tertiary/aromatic N) is 4. The van der Waals surface area contributed by atoms with Crippen molar-refractivity contribution in [2.24, 2.45) is 11.1 Å². The summed E-state index contributed by atoms with van der Waals surface area (Å²) in [6, 6.07) is -0.671. The standard InChI is InChI=1S/C24H26N6O13S2/c25-23-27-13(10-44-23)19(28-43-24(22(37)38)4-1-5-24)17(33)7-12-14(30(21(12)36)45(40,41)42)8-26-20(35)15(31)3-2-11-6-16(32)18(34)9-29(11)39/h6,9-10,12,14,34,39H,1-5,7-8H2,(H2,25,27)(H,26,35)(H,37,38)(H,40,41,42)/b28-19-/t12-,14+/m0/s1. The Bertz CT molecular complexity index is 1760. The molecule has 2 aromatic rings. The van der Waals surface area contributed by atoms with Crippen molar-refractivity contribution in [1.82, 2.24) is 19.3 Å². The number of aryl methyl sites for hydroxylation is 1. The molecule has 3 heterocycles. The van der Waals surface area contributed by atoms with E-state index in [0.29, 0.717) is 17.3 Å². The van der Waals surface area contributed by atoms with Gasteiger partial charge >= 0.3 is 16.3 Å². The summed E-state index contributed by atoms with van der Waals surface area (Å²) in [6.07, 6.45) is -0.107. The lowest BCUT2D eigenvalue weighted by atomic mass is 9.80. The highest BCUT2D eigenvalue weighted by Crippen LogP contribution is 2.37. The van der Waals surface area contributed by atoms with Gasteiger partial charge in [0.2, 0.25) is 22.7 Å². The van der Waals surface area contributed by atoms with Crippen LogP contribution in [0.25, 0.3) is 0 Å². The fraction of sp³-hybridized carbons (Fsp3) is 0.417. The maximum absolute atomic E-state index is 13.3. The summed E-state index contributed by atoms with van der Waals surface area (Å²) in [5.74, 6) is -7.95. The molecule has 7 N–H and O–H groups in total. The number of carbonyl (C=O) groups is 5. The van der Waals surface area contributed by atoms with Crippen LogP contribution in [0.1, 0.15) is 43.5 Å². The molecular formula is C24H26N6O13S2. The van der Waals surface area contributed by atoms with Gasteiger partial charge in [-0.15, -0.1) is 11.3 Å². The number of pyridine rings is 1. The zero-order valence-corrected chi connectivity index (χ0v) is 24.6. The zero-order chi connectivity index (χ0) is 33.3. The third-order valence-corrected chi connectivity index (χ3v) is 8.89. The number of anilines is 1. The molecule has 242 valence electrons. The number of carboxylic acid groups (broad SMARTS) is 1. The number of carbonyl (C=O) groups excluding carboxylic acids is 4. The van der Waals surface area contributed by atoms with Crippen molar-refractivity contribution in [2.75, 3.05) is 12.3 Å². The van der Waals surface area contributed by atoms with Crippen LogP contribution in [0.3, 0.4) is 0 Å². The summed E-state index contributed by atoms with van der Waals surface area (Å²) in [5.41, 5.74) is 2.44. The first kappa shape index (κ1) is 33.0. The monoisotopic (exact) mass is 670 g/mol. The Hall–Kier alpha value is -4.89. The third kappa shape index (κ3) is 6.94. The van der Waals surface area contributed by atoms with E-state index in [1.165, 1.54) is 5.38 Å². The van der Waals surface area contributed by atoms with E-state index in [9.17, 15) is 57.2 Å². The van der Waals surface area contributed by atoms with E-state index in [0.717, 1.165) is 17.4 Å². The molecule has 0 unspecified atom stereocenters. The number of aromatic hydroxyl groups is 1. The van der Waals surface area contributed by atoms with Crippen molar-refractivity contribution in [3.05, 3.63) is 39.3 Å². The minimum atomic E-state index is -5.16. The van der Waals surface area contributed by atoms with Gasteiger partial charge in [-0.2, -0.15) is 13.1 Å². The van der Waals surface area contributed by atoms with Crippen molar-refractivity contribution in [1.29, 1.82) is 0 Å². The molecule has 1 aliphatic carbocycles. The minimum absolute atomic E-state index is 0.0253. The van der Waals surface area contributed by atoms with Crippen LogP contribution in [0.2, 0.25) is 0 Å². The molecule has 2 amide bonds. The first-order valence-electron chi connectivity index (χ1n) is 13.0. The van der Waals surface area contributed by atoms with Gasteiger partial charge in [0, 0.05) is 43.7 Å². The van der Waals surface area contributed by atoms with Crippen LogP contribution >= 0.6 is 11.3 Å². The van der Waals surface area contributed by atoms with Crippen molar-refractivity contribution < 1.29 is 57.2 Å². The molecule has 1 aliphatic heterocycles. The number of aromatic nitrogens is 2. The Kier molecular flexibility index (Phi) is 9.25. The van der Waals surface area contributed by atoms with Crippen LogP contribution in [0, 0.1) is 5.92 Å². The lowest BCUT2D eigenvalue weighted by Gasteiger charge is -2.44. The number of Topliss-reactive ketones (excluding diaryl/α,β-unsaturated/α-hetero) is 2. The second-order valence-corrected chi connectivity index (χ2v) is 12.3. The van der Waals surface area contributed by atoms with Crippen LogP contribution in [-0.4, -0.2) is 95.7 Å². The van der Waals surface area contributed by atoms with Gasteiger partial charge in [-0.1, -0.05) is 5.16 Å². The molecular weight excluding hydrogens is 644 g/mol. The summed E-state index contributed by atoms with van der Waals surface area (Å²) >= 11 is 0.925. The number of nitrogens with two attached hydrogens (primary N) is 1. The van der Waals surface area contributed by atoms with E-state index in [1.54, 1.807) is 0 Å². The van der Waals surface area contributed by atoms with Gasteiger partial charge in [0.25, 0.3) is 5.91 Å². The van der Waals surface area contributed by atoms with Crippen LogP contribution in [-0.2, 0) is 45.5 Å². The maximum Gasteiger partial charge on any atom is 0.362 e. The van der Waals surface area contributed by atoms with Gasteiger partial charge < -0.3 is 31.3 Å². The van der Waals surface area contributed by atoms with Crippen LogP contribution in [0.15, 0.2) is 27.6 Å². The predicted octanol–water partition coefficient (Wildman–Crippen LogP) is -1.53. The number of thiazole rings is 1. The van der Waals surface area contributed by atoms with Crippen molar-refractivity contribution in [3.8, 4) is 5.75 Å². The fourth-order valence-corrected chi connectivity index (χ4v) is 6.08. The number of nitrogens with one attached hydrogen (secondary N) is 1. The third-order valence-electron chi connectivity index (χ3n) is 7.27. The highest BCUT2D eigenvalue weighted by atomic mass is 32.2. The Morgan fingerprint density at radius 1 is 1.22 bits per heavy atom. The molecule has 2 atom stereocenters. The Labute approximate surface area is 256 Å². The first-order valence-corrected chi connectivity index (χ1v) is 15.3. The number of oxime groups is 1. The van der Waals surface area contributed by atoms with Crippen molar-refractivity contribution in [2.45, 2.75) is 50.2 Å². The van der Waals surface area contributed by atoms with Gasteiger partial charge in [-0.05, 0) is 12.8 Å². The van der Waals surface area contributed by atoms with E-state index in [2.05, 4.69) is 15.5 Å². The van der Waals surface area contributed by atoms with Gasteiger partial charge in [0.1, 0.15) is 5.69 Å². The summed E-state index contributed by atoms with van der Waals surface area (Å²) in [7, 11) is -5.16. The summed E-state index contributed by atoms with van der Waals surface area (Å²) in [5, 5.41) is 35.8. The Morgan fingerprint density at radius 3 is 2.47 bits per heavy atom. The molecule has 19 nitrogen and oxygen atoms in total. The van der Waals surface area contributed by atoms with Crippen LogP contribution < -0.4 is 16.5 Å². The topological polar surface area (TPSA) is 298 Å². The molecule has 0 aromatic carbocycles. The predicted molar refractivity (Wildman–Crippen MR) is 150 cm³/mol. The molecule has 0 radical (unpaired) electrons. The van der Waals surface area contributed by atoms with Gasteiger partial charge in [0.05, 0.1) is 23.9 Å². The number of carboxylic acids is 1. The highest BCUT2D eigenvalue weighted by Gasteiger charge is 2.54. The smallest absolute Gasteiger partial charge is 0.362 e. The van der Waals surface area contributed by atoms with Crippen molar-refractivity contribution in [3.63, 3.8) is 0 Å². The molecule has 1 saturated heterocycles. The SMILES string of the molecule is Nc1nc(/C(=N/OC2(C(=O)O)CCC2)C(=O)C[C@@H]2C(=O)N(S(=O)(=O)O)[C@@H]2CNC(=O)C(=O)CCc2cc(=O)c(O)cn2O)cs1.